The predicted octanol–water partition coefficient (Wildman–Crippen LogP) is 2.26. The molecule has 0 saturated carbocycles. The number of hydrogen-bond acceptors (Lipinski definition) is 3. The van der Waals surface area contributed by atoms with Crippen molar-refractivity contribution in [3.63, 3.8) is 0 Å². The van der Waals surface area contributed by atoms with E-state index in [4.69, 9.17) is 0 Å². The Morgan fingerprint density at radius 3 is 2.83 bits per heavy atom. The number of fused-ring (bicyclic) bond motifs is 1. The fourth-order valence-electron chi connectivity index (χ4n) is 2.10. The average molecular weight is 247 g/mol. The van der Waals surface area contributed by atoms with Crippen molar-refractivity contribution in [2.75, 3.05) is 25.1 Å². The van der Waals surface area contributed by atoms with Gasteiger partial charge in [0.05, 0.1) is 17.4 Å². The maximum atomic E-state index is 9.39. The van der Waals surface area contributed by atoms with E-state index >= 15 is 0 Å². The van der Waals surface area contributed by atoms with Crippen molar-refractivity contribution in [1.29, 1.82) is 0 Å². The minimum atomic E-state index is 0.230. The van der Waals surface area contributed by atoms with Gasteiger partial charge in [0.2, 0.25) is 0 Å². The second-order valence-corrected chi connectivity index (χ2v) is 5.17. The van der Waals surface area contributed by atoms with E-state index in [0.29, 0.717) is 11.8 Å². The van der Waals surface area contributed by atoms with Crippen molar-refractivity contribution in [3.05, 3.63) is 24.5 Å². The van der Waals surface area contributed by atoms with Crippen molar-refractivity contribution >= 4 is 16.7 Å². The van der Waals surface area contributed by atoms with Gasteiger partial charge in [0.15, 0.2) is 0 Å². The zero-order valence-electron chi connectivity index (χ0n) is 11.2. The number of rotatable bonds is 5. The summed E-state index contributed by atoms with van der Waals surface area (Å²) in [6, 6.07) is 6.18. The molecule has 1 unspecified atom stereocenters. The Bertz CT molecular complexity index is 506. The van der Waals surface area contributed by atoms with E-state index in [1.165, 1.54) is 0 Å². The molecule has 0 aliphatic rings. The number of imidazole rings is 1. The van der Waals surface area contributed by atoms with Crippen LogP contribution in [0.2, 0.25) is 0 Å². The number of nitrogens with zero attached hydrogens (tertiary/aromatic N) is 2. The zero-order chi connectivity index (χ0) is 13.1. The number of H-pyrrole nitrogens is 1. The normalized spacial score (nSPS) is 13.2. The molecule has 2 aromatic rings. The molecule has 0 aliphatic carbocycles. The Labute approximate surface area is 108 Å². The van der Waals surface area contributed by atoms with Crippen LogP contribution in [-0.2, 0) is 0 Å². The third-order valence-corrected chi connectivity index (χ3v) is 3.53. The minimum Gasteiger partial charge on any atom is -0.396 e. The summed E-state index contributed by atoms with van der Waals surface area (Å²) in [5.41, 5.74) is 3.17. The van der Waals surface area contributed by atoms with Crippen LogP contribution in [0.15, 0.2) is 24.5 Å². The van der Waals surface area contributed by atoms with Crippen LogP contribution < -0.4 is 4.90 Å². The summed E-state index contributed by atoms with van der Waals surface area (Å²) in [7, 11) is 2.06. The van der Waals surface area contributed by atoms with E-state index in [0.717, 1.165) is 23.3 Å². The van der Waals surface area contributed by atoms with Crippen LogP contribution in [0, 0.1) is 11.8 Å². The van der Waals surface area contributed by atoms with Gasteiger partial charge in [-0.2, -0.15) is 0 Å². The van der Waals surface area contributed by atoms with E-state index in [1.54, 1.807) is 6.33 Å². The molecule has 1 aromatic heterocycles. The van der Waals surface area contributed by atoms with Crippen molar-refractivity contribution < 1.29 is 5.11 Å². The van der Waals surface area contributed by atoms with Gasteiger partial charge in [-0.1, -0.05) is 13.8 Å². The summed E-state index contributed by atoms with van der Waals surface area (Å²) in [6.45, 7) is 5.38. The smallest absolute Gasteiger partial charge is 0.0931 e. The quantitative estimate of drug-likeness (QED) is 0.852. The lowest BCUT2D eigenvalue weighted by molar-refractivity contribution is 0.193. The third-order valence-electron chi connectivity index (χ3n) is 3.53. The fraction of sp³-hybridized carbons (Fsp3) is 0.500. The Hall–Kier alpha value is -1.55. The third kappa shape index (κ3) is 2.64. The number of nitrogens with one attached hydrogen (secondary N) is 1. The van der Waals surface area contributed by atoms with Gasteiger partial charge in [-0.25, -0.2) is 4.98 Å². The highest BCUT2D eigenvalue weighted by Crippen LogP contribution is 2.21. The molecular weight excluding hydrogens is 226 g/mol. The first-order valence-corrected chi connectivity index (χ1v) is 6.37. The topological polar surface area (TPSA) is 52.1 Å². The predicted molar refractivity (Wildman–Crippen MR) is 74.8 cm³/mol. The van der Waals surface area contributed by atoms with E-state index in [9.17, 15) is 5.11 Å². The molecule has 18 heavy (non-hydrogen) atoms. The molecule has 0 fully saturated rings. The molecule has 1 atom stereocenters. The number of aromatic amines is 1. The van der Waals surface area contributed by atoms with Crippen molar-refractivity contribution in [1.82, 2.24) is 9.97 Å². The molecule has 1 heterocycles. The summed E-state index contributed by atoms with van der Waals surface area (Å²) >= 11 is 0. The van der Waals surface area contributed by atoms with Gasteiger partial charge in [0, 0.05) is 31.8 Å². The zero-order valence-corrected chi connectivity index (χ0v) is 11.2. The fourth-order valence-corrected chi connectivity index (χ4v) is 2.10. The Morgan fingerprint density at radius 2 is 2.17 bits per heavy atom. The lowest BCUT2D eigenvalue weighted by Gasteiger charge is -2.27. The summed E-state index contributed by atoms with van der Waals surface area (Å²) in [5.74, 6) is 0.779. The van der Waals surface area contributed by atoms with Crippen LogP contribution in [0.3, 0.4) is 0 Å². The number of aliphatic hydroxyl groups is 1. The largest absolute Gasteiger partial charge is 0.396 e. The lowest BCUT2D eigenvalue weighted by atomic mass is 9.96. The number of aromatic nitrogens is 2. The monoisotopic (exact) mass is 247 g/mol. The summed E-state index contributed by atoms with van der Waals surface area (Å²) in [6.07, 6.45) is 1.71. The van der Waals surface area contributed by atoms with E-state index in [-0.39, 0.29) is 6.61 Å². The summed E-state index contributed by atoms with van der Waals surface area (Å²) in [4.78, 5) is 9.51. The molecule has 0 spiro atoms. The number of anilines is 1. The summed E-state index contributed by atoms with van der Waals surface area (Å²) in [5, 5.41) is 9.39. The average Bonchev–Trinajstić information content (AvgIpc) is 2.82. The van der Waals surface area contributed by atoms with Crippen LogP contribution in [0.5, 0.6) is 0 Å². The molecular formula is C14H21N3O. The highest BCUT2D eigenvalue weighted by atomic mass is 16.3. The lowest BCUT2D eigenvalue weighted by Crippen LogP contribution is -2.30. The maximum Gasteiger partial charge on any atom is 0.0931 e. The van der Waals surface area contributed by atoms with Crippen LogP contribution in [-0.4, -0.2) is 35.3 Å². The SMILES string of the molecule is CC(C)C(CO)CN(C)c1ccc2nc[nH]c2c1. The van der Waals surface area contributed by atoms with Crippen molar-refractivity contribution in [2.24, 2.45) is 11.8 Å². The van der Waals surface area contributed by atoms with Crippen molar-refractivity contribution in [2.45, 2.75) is 13.8 Å². The molecule has 0 radical (unpaired) electrons. The molecule has 1 aromatic carbocycles. The van der Waals surface area contributed by atoms with Crippen LogP contribution >= 0.6 is 0 Å². The van der Waals surface area contributed by atoms with E-state index in [1.807, 2.05) is 6.07 Å². The first-order valence-electron chi connectivity index (χ1n) is 6.37. The van der Waals surface area contributed by atoms with Crippen molar-refractivity contribution in [3.8, 4) is 0 Å². The number of hydrogen-bond donors (Lipinski definition) is 2. The molecule has 2 rings (SSSR count). The summed E-state index contributed by atoms with van der Waals surface area (Å²) < 4.78 is 0. The minimum absolute atomic E-state index is 0.230. The van der Waals surface area contributed by atoms with Crippen LogP contribution in [0.1, 0.15) is 13.8 Å². The van der Waals surface area contributed by atoms with Gasteiger partial charge in [0.1, 0.15) is 0 Å². The Morgan fingerprint density at radius 1 is 1.39 bits per heavy atom. The molecule has 98 valence electrons. The molecule has 0 bridgehead atoms. The Balaban J connectivity index is 2.14. The van der Waals surface area contributed by atoms with Gasteiger partial charge >= 0.3 is 0 Å². The van der Waals surface area contributed by atoms with Gasteiger partial charge in [0.25, 0.3) is 0 Å². The first kappa shape index (κ1) is 12.9. The molecule has 0 saturated heterocycles. The van der Waals surface area contributed by atoms with Gasteiger partial charge in [-0.05, 0) is 24.1 Å². The van der Waals surface area contributed by atoms with Gasteiger partial charge in [-0.15, -0.1) is 0 Å². The number of aliphatic hydroxyl groups excluding tert-OH is 1. The van der Waals surface area contributed by atoms with Crippen LogP contribution in [0.4, 0.5) is 5.69 Å². The molecule has 2 N–H and O–H groups in total. The Kier molecular flexibility index (Phi) is 3.87. The van der Waals surface area contributed by atoms with Crippen LogP contribution in [0.25, 0.3) is 11.0 Å². The van der Waals surface area contributed by atoms with E-state index < -0.39 is 0 Å². The second-order valence-electron chi connectivity index (χ2n) is 5.17. The molecule has 0 aliphatic heterocycles. The highest BCUT2D eigenvalue weighted by molar-refractivity contribution is 5.78. The second kappa shape index (κ2) is 5.40. The van der Waals surface area contributed by atoms with Gasteiger partial charge < -0.3 is 15.0 Å². The molecule has 0 amide bonds. The first-order chi connectivity index (χ1) is 8.61. The maximum absolute atomic E-state index is 9.39. The standard InChI is InChI=1S/C14H21N3O/c1-10(2)11(8-18)7-17(3)12-4-5-13-14(6-12)16-9-15-13/h4-6,9-11,18H,7-8H2,1-3H3,(H,15,16). The molecule has 4 heteroatoms. The highest BCUT2D eigenvalue weighted by Gasteiger charge is 2.15. The molecule has 4 nitrogen and oxygen atoms in total. The van der Waals surface area contributed by atoms with Gasteiger partial charge in [-0.3, -0.25) is 0 Å². The van der Waals surface area contributed by atoms with E-state index in [2.05, 4.69) is 47.9 Å². The number of benzene rings is 1.